The predicted molar refractivity (Wildman–Crippen MR) is 72.3 cm³/mol. The fraction of sp³-hybridized carbons (Fsp3) is 0.533. The van der Waals surface area contributed by atoms with E-state index in [1.807, 2.05) is 0 Å². The largest absolute Gasteiger partial charge is 0.436 e. The zero-order valence-electron chi connectivity index (χ0n) is 14.0. The van der Waals surface area contributed by atoms with Crippen LogP contribution in [0.2, 0.25) is 0 Å². The van der Waals surface area contributed by atoms with Gasteiger partial charge in [0.15, 0.2) is 11.6 Å². The Balaban J connectivity index is 4.05. The van der Waals surface area contributed by atoms with E-state index >= 15 is 0 Å². The summed E-state index contributed by atoms with van der Waals surface area (Å²) in [7, 11) is 0. The molecule has 0 aliphatic rings. The van der Waals surface area contributed by atoms with Crippen molar-refractivity contribution >= 4 is 11.6 Å². The molecule has 1 aromatic heterocycles. The Hall–Kier alpha value is -2.21. The number of hydrogen-bond donors (Lipinski definition) is 0. The molecule has 28 heavy (non-hydrogen) atoms. The molecule has 1 heterocycles. The molecule has 0 saturated carbocycles. The first kappa shape index (κ1) is 23.8. The minimum atomic E-state index is -6.96. The average Bonchev–Trinajstić information content (AvgIpc) is 2.56. The number of alkyl halides is 7. The van der Waals surface area contributed by atoms with Crippen LogP contribution in [0.25, 0.3) is 0 Å². The number of nitrogens with zero attached hydrogens (tertiary/aromatic N) is 1. The molecular weight excluding hydrogens is 416 g/mol. The number of hydrogen-bond acceptors (Lipinski definition) is 3. The summed E-state index contributed by atoms with van der Waals surface area (Å²) in [4.78, 5) is 26.2. The second-order valence-corrected chi connectivity index (χ2v) is 5.52. The van der Waals surface area contributed by atoms with Gasteiger partial charge in [-0.1, -0.05) is 13.8 Å². The van der Waals surface area contributed by atoms with Crippen LogP contribution in [0.4, 0.5) is 43.9 Å². The molecule has 0 bridgehead atoms. The summed E-state index contributed by atoms with van der Waals surface area (Å²) in [6.45, 7) is 2.20. The van der Waals surface area contributed by atoms with E-state index in [2.05, 4.69) is 4.98 Å². The summed E-state index contributed by atoms with van der Waals surface area (Å²) < 4.78 is 133. The minimum Gasteiger partial charge on any atom is -0.298 e. The molecule has 0 spiro atoms. The van der Waals surface area contributed by atoms with Crippen molar-refractivity contribution in [3.8, 4) is 0 Å². The van der Waals surface area contributed by atoms with E-state index < -0.39 is 77.2 Å². The monoisotopic (exact) mass is 427 g/mol. The third kappa shape index (κ3) is 3.70. The summed E-state index contributed by atoms with van der Waals surface area (Å²) in [6, 6.07) is 0. The lowest BCUT2D eigenvalue weighted by atomic mass is 9.87. The average molecular weight is 427 g/mol. The van der Waals surface area contributed by atoms with Crippen LogP contribution in [0.3, 0.4) is 0 Å². The molecule has 0 aromatic carbocycles. The zero-order chi connectivity index (χ0) is 22.2. The number of ketones is 2. The summed E-state index contributed by atoms with van der Waals surface area (Å²) in [5, 5.41) is 0. The first-order valence-electron chi connectivity index (χ1n) is 7.48. The summed E-state index contributed by atoms with van der Waals surface area (Å²) in [5.74, 6) is -13.8. The van der Waals surface area contributed by atoms with Crippen LogP contribution in [0, 0.1) is 17.6 Å². The van der Waals surface area contributed by atoms with Crippen molar-refractivity contribution < 1.29 is 53.5 Å². The zero-order valence-corrected chi connectivity index (χ0v) is 14.0. The number of rotatable bonds is 6. The van der Waals surface area contributed by atoms with E-state index in [1.54, 1.807) is 0 Å². The van der Waals surface area contributed by atoms with Crippen LogP contribution < -0.4 is 0 Å². The third-order valence-electron chi connectivity index (χ3n) is 3.80. The van der Waals surface area contributed by atoms with Crippen molar-refractivity contribution in [1.82, 2.24) is 4.98 Å². The van der Waals surface area contributed by atoms with Crippen LogP contribution in [-0.2, 0) is 15.3 Å². The predicted octanol–water partition coefficient (Wildman–Crippen LogP) is 4.83. The van der Waals surface area contributed by atoms with E-state index in [1.165, 1.54) is 0 Å². The van der Waals surface area contributed by atoms with Gasteiger partial charge in [-0.15, -0.1) is 0 Å². The van der Waals surface area contributed by atoms with Crippen LogP contribution in [0.5, 0.6) is 0 Å². The maximum absolute atomic E-state index is 14.5. The van der Waals surface area contributed by atoms with E-state index in [-0.39, 0.29) is 0 Å². The molecule has 0 atom stereocenters. The molecule has 0 N–H and O–H groups in total. The molecule has 1 aromatic rings. The van der Waals surface area contributed by atoms with E-state index in [0.29, 0.717) is 0 Å². The molecule has 158 valence electrons. The Morgan fingerprint density at radius 2 is 1.21 bits per heavy atom. The molecule has 0 amide bonds. The second-order valence-electron chi connectivity index (χ2n) is 5.52. The van der Waals surface area contributed by atoms with Gasteiger partial charge in [-0.3, -0.25) is 9.59 Å². The number of carbonyl (C=O) groups excluding carboxylic acids is 2. The van der Waals surface area contributed by atoms with E-state index in [4.69, 9.17) is 0 Å². The fourth-order valence-electron chi connectivity index (χ4n) is 2.36. The lowest BCUT2D eigenvalue weighted by Crippen LogP contribution is -2.52. The van der Waals surface area contributed by atoms with Crippen molar-refractivity contribution in [3.63, 3.8) is 0 Å². The fourth-order valence-corrected chi connectivity index (χ4v) is 2.36. The van der Waals surface area contributed by atoms with Crippen molar-refractivity contribution in [2.75, 3.05) is 0 Å². The Kier molecular flexibility index (Phi) is 6.52. The summed E-state index contributed by atoms with van der Waals surface area (Å²) in [5.41, 5.74) is -11.9. The number of halogens is 10. The van der Waals surface area contributed by atoms with Crippen LogP contribution in [0.1, 0.15) is 43.9 Å². The van der Waals surface area contributed by atoms with Gasteiger partial charge in [0.25, 0.3) is 0 Å². The Labute approximate surface area is 150 Å². The van der Waals surface area contributed by atoms with Gasteiger partial charge in [0.2, 0.25) is 5.95 Å². The van der Waals surface area contributed by atoms with Gasteiger partial charge >= 0.3 is 18.0 Å². The SMILES string of the molecule is CCC(=O)C(C(=O)CC)c1nc(F)c(F)c(C(F)(C(F)(F)F)C(F)(F)F)c1F. The summed E-state index contributed by atoms with van der Waals surface area (Å²) in [6.07, 6.45) is -15.1. The molecule has 3 nitrogen and oxygen atoms in total. The van der Waals surface area contributed by atoms with Crippen LogP contribution in [0.15, 0.2) is 0 Å². The third-order valence-corrected chi connectivity index (χ3v) is 3.80. The first-order chi connectivity index (χ1) is 12.6. The van der Waals surface area contributed by atoms with Crippen molar-refractivity contribution in [1.29, 1.82) is 0 Å². The Morgan fingerprint density at radius 3 is 1.54 bits per heavy atom. The van der Waals surface area contributed by atoms with E-state index in [9.17, 15) is 53.5 Å². The standard InChI is InChI=1S/C15H11F10NO2/c1-3-5(27)7(6(28)4-2)11-9(16)8(10(17)12(18)26-11)13(19,14(20,21)22)15(23,24)25/h7H,3-4H2,1-2H3. The molecule has 0 fully saturated rings. The van der Waals surface area contributed by atoms with Gasteiger partial charge in [-0.05, 0) is 0 Å². The van der Waals surface area contributed by atoms with Gasteiger partial charge in [-0.2, -0.15) is 30.7 Å². The van der Waals surface area contributed by atoms with Gasteiger partial charge in [0.1, 0.15) is 17.5 Å². The second kappa shape index (κ2) is 7.66. The van der Waals surface area contributed by atoms with Crippen molar-refractivity contribution in [3.05, 3.63) is 28.8 Å². The van der Waals surface area contributed by atoms with Gasteiger partial charge < -0.3 is 0 Å². The lowest BCUT2D eigenvalue weighted by molar-refractivity contribution is -0.350. The topological polar surface area (TPSA) is 47.0 Å². The molecular formula is C15H11F10NO2. The minimum absolute atomic E-state index is 0.578. The smallest absolute Gasteiger partial charge is 0.298 e. The molecule has 0 aliphatic carbocycles. The maximum Gasteiger partial charge on any atom is 0.436 e. The molecule has 0 aliphatic heterocycles. The van der Waals surface area contributed by atoms with Gasteiger partial charge in [0.05, 0.1) is 11.3 Å². The number of Topliss-reactive ketones (excluding diaryl/α,β-unsaturated/α-hetero) is 2. The van der Waals surface area contributed by atoms with Crippen molar-refractivity contribution in [2.45, 2.75) is 50.6 Å². The van der Waals surface area contributed by atoms with Crippen LogP contribution in [-0.4, -0.2) is 28.9 Å². The lowest BCUT2D eigenvalue weighted by Gasteiger charge is -2.31. The number of carbonyl (C=O) groups is 2. The molecule has 0 saturated heterocycles. The Bertz CT molecular complexity index is 754. The Morgan fingerprint density at radius 1 is 0.821 bits per heavy atom. The number of pyridine rings is 1. The highest BCUT2D eigenvalue weighted by atomic mass is 19.4. The number of aromatic nitrogens is 1. The highest BCUT2D eigenvalue weighted by molar-refractivity contribution is 6.07. The van der Waals surface area contributed by atoms with Gasteiger partial charge in [0, 0.05) is 12.8 Å². The van der Waals surface area contributed by atoms with Crippen molar-refractivity contribution in [2.24, 2.45) is 0 Å². The quantitative estimate of drug-likeness (QED) is 0.371. The normalized spacial score (nSPS) is 13.2. The highest BCUT2D eigenvalue weighted by Gasteiger charge is 2.75. The van der Waals surface area contributed by atoms with Crippen LogP contribution >= 0.6 is 0 Å². The maximum atomic E-state index is 14.5. The molecule has 0 unspecified atom stereocenters. The summed E-state index contributed by atoms with van der Waals surface area (Å²) >= 11 is 0. The first-order valence-corrected chi connectivity index (χ1v) is 7.48. The van der Waals surface area contributed by atoms with E-state index in [0.717, 1.165) is 13.8 Å². The highest BCUT2D eigenvalue weighted by Crippen LogP contribution is 2.55. The molecule has 0 radical (unpaired) electrons. The molecule has 1 rings (SSSR count). The van der Waals surface area contributed by atoms with Gasteiger partial charge in [-0.25, -0.2) is 18.2 Å². The molecule has 13 heteroatoms.